The summed E-state index contributed by atoms with van der Waals surface area (Å²) in [6.45, 7) is 1.49. The van der Waals surface area contributed by atoms with Gasteiger partial charge in [0, 0.05) is 25.0 Å². The predicted octanol–water partition coefficient (Wildman–Crippen LogP) is -0.883. The van der Waals surface area contributed by atoms with Crippen molar-refractivity contribution in [2.75, 3.05) is 13.1 Å². The first kappa shape index (κ1) is 10.5. The van der Waals surface area contributed by atoms with E-state index in [2.05, 4.69) is 20.0 Å². The molecular formula is C8H12N4O2S. The standard InChI is InChI=1S/C8H12N4O2S/c13-15(14,8-10-3-1-4-11-8)12-7-2-5-9-6-7/h1,3-4,7,9,12H,2,5-6H2/t7-/m0/s1. The van der Waals surface area contributed by atoms with Gasteiger partial charge in [0.15, 0.2) is 0 Å². The summed E-state index contributed by atoms with van der Waals surface area (Å²) in [5.41, 5.74) is 0. The Labute approximate surface area is 88.2 Å². The summed E-state index contributed by atoms with van der Waals surface area (Å²) < 4.78 is 26.0. The number of hydrogen-bond acceptors (Lipinski definition) is 5. The van der Waals surface area contributed by atoms with Gasteiger partial charge in [-0.3, -0.25) is 0 Å². The number of aromatic nitrogens is 2. The van der Waals surface area contributed by atoms with Crippen molar-refractivity contribution < 1.29 is 8.42 Å². The lowest BCUT2D eigenvalue weighted by Gasteiger charge is -2.09. The van der Waals surface area contributed by atoms with Crippen LogP contribution < -0.4 is 10.0 Å². The van der Waals surface area contributed by atoms with Crippen molar-refractivity contribution in [1.29, 1.82) is 0 Å². The molecule has 0 saturated carbocycles. The van der Waals surface area contributed by atoms with E-state index in [0.717, 1.165) is 13.0 Å². The quantitative estimate of drug-likeness (QED) is 0.656. The van der Waals surface area contributed by atoms with Gasteiger partial charge in [-0.1, -0.05) is 0 Å². The Morgan fingerprint density at radius 1 is 1.40 bits per heavy atom. The lowest BCUT2D eigenvalue weighted by atomic mass is 10.3. The first-order chi connectivity index (χ1) is 7.18. The molecule has 0 bridgehead atoms. The molecule has 1 fully saturated rings. The third kappa shape index (κ3) is 2.49. The third-order valence-corrected chi connectivity index (χ3v) is 3.50. The van der Waals surface area contributed by atoms with Gasteiger partial charge in [0.2, 0.25) is 0 Å². The third-order valence-electron chi connectivity index (χ3n) is 2.16. The molecule has 6 nitrogen and oxygen atoms in total. The van der Waals surface area contributed by atoms with Crippen LogP contribution in [0.25, 0.3) is 0 Å². The van der Waals surface area contributed by atoms with E-state index >= 15 is 0 Å². The van der Waals surface area contributed by atoms with E-state index in [1.165, 1.54) is 12.4 Å². The highest BCUT2D eigenvalue weighted by atomic mass is 32.2. The van der Waals surface area contributed by atoms with Gasteiger partial charge in [0.1, 0.15) is 0 Å². The number of rotatable bonds is 3. The average Bonchev–Trinajstić information content (AvgIpc) is 2.71. The maximum Gasteiger partial charge on any atom is 0.276 e. The van der Waals surface area contributed by atoms with Crippen LogP contribution in [0, 0.1) is 0 Å². The zero-order valence-electron chi connectivity index (χ0n) is 8.05. The van der Waals surface area contributed by atoms with Gasteiger partial charge in [-0.25, -0.2) is 23.1 Å². The van der Waals surface area contributed by atoms with Crippen molar-refractivity contribution in [3.8, 4) is 0 Å². The van der Waals surface area contributed by atoms with Crippen molar-refractivity contribution in [3.63, 3.8) is 0 Å². The summed E-state index contributed by atoms with van der Waals surface area (Å²) in [6, 6.07) is 1.52. The first-order valence-electron chi connectivity index (χ1n) is 4.68. The van der Waals surface area contributed by atoms with E-state index in [1.807, 2.05) is 0 Å². The van der Waals surface area contributed by atoms with Gasteiger partial charge >= 0.3 is 0 Å². The van der Waals surface area contributed by atoms with Crippen molar-refractivity contribution in [2.24, 2.45) is 0 Å². The molecule has 2 N–H and O–H groups in total. The number of hydrogen-bond donors (Lipinski definition) is 2. The minimum Gasteiger partial charge on any atom is -0.315 e. The summed E-state index contributed by atoms with van der Waals surface area (Å²) in [7, 11) is -3.56. The van der Waals surface area contributed by atoms with E-state index in [0.29, 0.717) is 6.54 Å². The highest BCUT2D eigenvalue weighted by molar-refractivity contribution is 7.89. The predicted molar refractivity (Wildman–Crippen MR) is 53.6 cm³/mol. The van der Waals surface area contributed by atoms with Crippen LogP contribution in [0.15, 0.2) is 23.6 Å². The highest BCUT2D eigenvalue weighted by Crippen LogP contribution is 2.04. The van der Waals surface area contributed by atoms with Crippen molar-refractivity contribution in [3.05, 3.63) is 18.5 Å². The lowest BCUT2D eigenvalue weighted by molar-refractivity contribution is 0.551. The molecule has 0 amide bonds. The Kier molecular flexibility index (Phi) is 2.94. The zero-order chi connectivity index (χ0) is 10.7. The summed E-state index contributed by atoms with van der Waals surface area (Å²) in [5, 5.41) is 2.91. The molecule has 1 saturated heterocycles. The molecule has 1 aliphatic rings. The summed E-state index contributed by atoms with van der Waals surface area (Å²) in [5.74, 6) is 0. The fourth-order valence-corrected chi connectivity index (χ4v) is 2.60. The van der Waals surface area contributed by atoms with Crippen LogP contribution >= 0.6 is 0 Å². The van der Waals surface area contributed by atoms with Gasteiger partial charge in [-0.05, 0) is 19.0 Å². The van der Waals surface area contributed by atoms with E-state index in [9.17, 15) is 8.42 Å². The molecule has 1 aromatic rings. The Bertz CT molecular complexity index is 414. The van der Waals surface area contributed by atoms with E-state index in [-0.39, 0.29) is 11.2 Å². The summed E-state index contributed by atoms with van der Waals surface area (Å²) in [4.78, 5) is 7.42. The van der Waals surface area contributed by atoms with Crippen molar-refractivity contribution in [1.82, 2.24) is 20.0 Å². The average molecular weight is 228 g/mol. The number of sulfonamides is 1. The lowest BCUT2D eigenvalue weighted by Crippen LogP contribution is -2.36. The van der Waals surface area contributed by atoms with E-state index < -0.39 is 10.0 Å². The second-order valence-electron chi connectivity index (χ2n) is 3.34. The number of nitrogens with zero attached hydrogens (tertiary/aromatic N) is 2. The van der Waals surface area contributed by atoms with Crippen LogP contribution in [-0.4, -0.2) is 37.5 Å². The van der Waals surface area contributed by atoms with E-state index in [4.69, 9.17) is 0 Å². The minimum absolute atomic E-state index is 0.0567. The molecule has 2 rings (SSSR count). The number of nitrogens with one attached hydrogen (secondary N) is 2. The largest absolute Gasteiger partial charge is 0.315 e. The van der Waals surface area contributed by atoms with Gasteiger partial charge in [0.25, 0.3) is 15.2 Å². The molecule has 0 radical (unpaired) electrons. The van der Waals surface area contributed by atoms with Gasteiger partial charge < -0.3 is 5.32 Å². The van der Waals surface area contributed by atoms with Crippen LogP contribution in [0.3, 0.4) is 0 Å². The van der Waals surface area contributed by atoms with Crippen LogP contribution in [0.4, 0.5) is 0 Å². The molecule has 15 heavy (non-hydrogen) atoms. The molecule has 1 aliphatic heterocycles. The second-order valence-corrected chi connectivity index (χ2v) is 4.95. The van der Waals surface area contributed by atoms with Crippen LogP contribution in [0.5, 0.6) is 0 Å². The molecule has 1 atom stereocenters. The smallest absolute Gasteiger partial charge is 0.276 e. The molecule has 0 spiro atoms. The molecule has 0 aliphatic carbocycles. The molecule has 2 heterocycles. The Morgan fingerprint density at radius 3 is 2.73 bits per heavy atom. The van der Waals surface area contributed by atoms with Crippen LogP contribution in [0.2, 0.25) is 0 Å². The van der Waals surface area contributed by atoms with Gasteiger partial charge in [-0.15, -0.1) is 0 Å². The second kappa shape index (κ2) is 4.21. The van der Waals surface area contributed by atoms with Gasteiger partial charge in [0.05, 0.1) is 0 Å². The molecule has 0 unspecified atom stereocenters. The van der Waals surface area contributed by atoms with Gasteiger partial charge in [-0.2, -0.15) is 0 Å². The van der Waals surface area contributed by atoms with Crippen LogP contribution in [-0.2, 0) is 10.0 Å². The van der Waals surface area contributed by atoms with E-state index in [1.54, 1.807) is 6.07 Å². The topological polar surface area (TPSA) is 84.0 Å². The SMILES string of the molecule is O=S(=O)(N[C@H]1CCNC1)c1ncccn1. The maximum atomic E-state index is 11.7. The highest BCUT2D eigenvalue weighted by Gasteiger charge is 2.24. The summed E-state index contributed by atoms with van der Waals surface area (Å²) >= 11 is 0. The molecule has 0 aromatic carbocycles. The molecule has 82 valence electrons. The van der Waals surface area contributed by atoms with Crippen LogP contribution in [0.1, 0.15) is 6.42 Å². The molecule has 1 aromatic heterocycles. The Hall–Kier alpha value is -1.05. The first-order valence-corrected chi connectivity index (χ1v) is 6.17. The van der Waals surface area contributed by atoms with Crippen molar-refractivity contribution >= 4 is 10.0 Å². The Morgan fingerprint density at radius 2 is 2.13 bits per heavy atom. The monoisotopic (exact) mass is 228 g/mol. The normalized spacial score (nSPS) is 21.7. The summed E-state index contributed by atoms with van der Waals surface area (Å²) in [6.07, 6.45) is 3.62. The fourth-order valence-electron chi connectivity index (χ4n) is 1.45. The zero-order valence-corrected chi connectivity index (χ0v) is 8.87. The fraction of sp³-hybridized carbons (Fsp3) is 0.500. The maximum absolute atomic E-state index is 11.7. The molecular weight excluding hydrogens is 216 g/mol. The molecule has 7 heteroatoms. The minimum atomic E-state index is -3.56. The van der Waals surface area contributed by atoms with Crippen molar-refractivity contribution in [2.45, 2.75) is 17.6 Å². The Balaban J connectivity index is 2.13.